The van der Waals surface area contributed by atoms with E-state index in [-0.39, 0.29) is 5.56 Å². The highest BCUT2D eigenvalue weighted by Gasteiger charge is 2.16. The Morgan fingerprint density at radius 3 is 2.43 bits per heavy atom. The van der Waals surface area contributed by atoms with E-state index in [4.69, 9.17) is 28.5 Å². The van der Waals surface area contributed by atoms with Crippen LogP contribution in [-0.4, -0.2) is 5.91 Å². The standard InChI is InChI=1S/C17H11Cl2FN2O/c18-13-5-3-6-14(19)11(13)8-9-17(23)22-16(10-21)12-4-1-2-7-15(12)20/h1-9,16H,(H,22,23)/b9-8+. The van der Waals surface area contributed by atoms with E-state index in [1.54, 1.807) is 24.3 Å². The highest BCUT2D eigenvalue weighted by Crippen LogP contribution is 2.25. The van der Waals surface area contributed by atoms with Gasteiger partial charge in [0.1, 0.15) is 11.9 Å². The van der Waals surface area contributed by atoms with Gasteiger partial charge >= 0.3 is 0 Å². The van der Waals surface area contributed by atoms with Crippen molar-refractivity contribution in [3.63, 3.8) is 0 Å². The van der Waals surface area contributed by atoms with Gasteiger partial charge in [0.2, 0.25) is 5.91 Å². The molecule has 23 heavy (non-hydrogen) atoms. The van der Waals surface area contributed by atoms with Gasteiger partial charge in [0, 0.05) is 27.2 Å². The summed E-state index contributed by atoms with van der Waals surface area (Å²) in [6.07, 6.45) is 2.63. The molecular formula is C17H11Cl2FN2O. The summed E-state index contributed by atoms with van der Waals surface area (Å²) in [4.78, 5) is 11.9. The Hall–Kier alpha value is -2.35. The van der Waals surface area contributed by atoms with E-state index >= 15 is 0 Å². The quantitative estimate of drug-likeness (QED) is 0.825. The molecule has 0 aliphatic rings. The van der Waals surface area contributed by atoms with Crippen LogP contribution in [0.4, 0.5) is 4.39 Å². The number of carbonyl (C=O) groups excluding carboxylic acids is 1. The topological polar surface area (TPSA) is 52.9 Å². The fourth-order valence-corrected chi connectivity index (χ4v) is 2.43. The van der Waals surface area contributed by atoms with Gasteiger partial charge in [0.25, 0.3) is 0 Å². The van der Waals surface area contributed by atoms with Crippen LogP contribution in [0.15, 0.2) is 48.5 Å². The molecule has 0 saturated carbocycles. The van der Waals surface area contributed by atoms with Gasteiger partial charge in [0.05, 0.1) is 6.07 Å². The van der Waals surface area contributed by atoms with Crippen LogP contribution in [0, 0.1) is 17.1 Å². The summed E-state index contributed by atoms with van der Waals surface area (Å²) in [7, 11) is 0. The predicted molar refractivity (Wildman–Crippen MR) is 88.4 cm³/mol. The van der Waals surface area contributed by atoms with Crippen molar-refractivity contribution in [3.05, 3.63) is 75.5 Å². The second-order valence-electron chi connectivity index (χ2n) is 4.56. The molecule has 0 radical (unpaired) electrons. The lowest BCUT2D eigenvalue weighted by Crippen LogP contribution is -2.26. The van der Waals surface area contributed by atoms with E-state index in [9.17, 15) is 9.18 Å². The van der Waals surface area contributed by atoms with Crippen molar-refractivity contribution in [2.75, 3.05) is 0 Å². The van der Waals surface area contributed by atoms with Gasteiger partial charge < -0.3 is 5.32 Å². The van der Waals surface area contributed by atoms with Crippen molar-refractivity contribution in [2.24, 2.45) is 0 Å². The van der Waals surface area contributed by atoms with Crippen molar-refractivity contribution in [1.29, 1.82) is 5.26 Å². The number of nitriles is 1. The second kappa shape index (κ2) is 7.77. The average molecular weight is 349 g/mol. The molecule has 0 aliphatic heterocycles. The number of rotatable bonds is 4. The Morgan fingerprint density at radius 1 is 1.17 bits per heavy atom. The summed E-state index contributed by atoms with van der Waals surface area (Å²) in [6, 6.07) is 11.5. The van der Waals surface area contributed by atoms with Crippen molar-refractivity contribution < 1.29 is 9.18 Å². The lowest BCUT2D eigenvalue weighted by Gasteiger charge is -2.11. The summed E-state index contributed by atoms with van der Waals surface area (Å²) in [5, 5.41) is 12.3. The Labute approximate surface area is 142 Å². The summed E-state index contributed by atoms with van der Waals surface area (Å²) < 4.78 is 13.7. The smallest absolute Gasteiger partial charge is 0.245 e. The average Bonchev–Trinajstić information content (AvgIpc) is 2.53. The van der Waals surface area contributed by atoms with E-state index in [0.29, 0.717) is 15.6 Å². The monoisotopic (exact) mass is 348 g/mol. The predicted octanol–water partition coefficient (Wildman–Crippen LogP) is 4.53. The lowest BCUT2D eigenvalue weighted by atomic mass is 10.1. The first-order chi connectivity index (χ1) is 11.0. The van der Waals surface area contributed by atoms with E-state index in [1.165, 1.54) is 30.4 Å². The Bertz CT molecular complexity index is 779. The molecule has 6 heteroatoms. The molecule has 3 nitrogen and oxygen atoms in total. The van der Waals surface area contributed by atoms with Gasteiger partial charge in [-0.05, 0) is 24.3 Å². The third kappa shape index (κ3) is 4.32. The van der Waals surface area contributed by atoms with Crippen LogP contribution in [-0.2, 0) is 4.79 Å². The Balaban J connectivity index is 2.14. The molecule has 0 spiro atoms. The van der Waals surface area contributed by atoms with Crippen LogP contribution < -0.4 is 5.32 Å². The van der Waals surface area contributed by atoms with Crippen LogP contribution in [0.3, 0.4) is 0 Å². The first kappa shape index (κ1) is 17.0. The molecule has 1 atom stereocenters. The fraction of sp³-hybridized carbons (Fsp3) is 0.0588. The molecule has 0 fully saturated rings. The number of carbonyl (C=O) groups is 1. The first-order valence-electron chi connectivity index (χ1n) is 6.59. The molecule has 0 bridgehead atoms. The third-order valence-electron chi connectivity index (χ3n) is 3.03. The van der Waals surface area contributed by atoms with Gasteiger partial charge in [0.15, 0.2) is 0 Å². The van der Waals surface area contributed by atoms with Crippen LogP contribution >= 0.6 is 23.2 Å². The number of amides is 1. The number of hydrogen-bond donors (Lipinski definition) is 1. The SMILES string of the molecule is N#CC(NC(=O)/C=C/c1c(Cl)cccc1Cl)c1ccccc1F. The fourth-order valence-electron chi connectivity index (χ4n) is 1.91. The number of nitrogens with zero attached hydrogens (tertiary/aromatic N) is 1. The minimum atomic E-state index is -1.09. The van der Waals surface area contributed by atoms with Crippen LogP contribution in [0.5, 0.6) is 0 Å². The second-order valence-corrected chi connectivity index (χ2v) is 5.38. The molecule has 0 saturated heterocycles. The Kier molecular flexibility index (Phi) is 5.75. The minimum Gasteiger partial charge on any atom is -0.333 e. The molecule has 0 aliphatic carbocycles. The Morgan fingerprint density at radius 2 is 1.83 bits per heavy atom. The maximum absolute atomic E-state index is 13.7. The molecule has 1 N–H and O–H groups in total. The van der Waals surface area contributed by atoms with Gasteiger partial charge in [-0.15, -0.1) is 0 Å². The first-order valence-corrected chi connectivity index (χ1v) is 7.35. The van der Waals surface area contributed by atoms with E-state index < -0.39 is 17.8 Å². The zero-order chi connectivity index (χ0) is 16.8. The van der Waals surface area contributed by atoms with Crippen LogP contribution in [0.1, 0.15) is 17.2 Å². The molecule has 116 valence electrons. The largest absolute Gasteiger partial charge is 0.333 e. The maximum atomic E-state index is 13.7. The summed E-state index contributed by atoms with van der Waals surface area (Å²) >= 11 is 12.0. The normalized spacial score (nSPS) is 11.9. The number of halogens is 3. The zero-order valence-electron chi connectivity index (χ0n) is 11.8. The van der Waals surface area contributed by atoms with Gasteiger partial charge in [-0.1, -0.05) is 47.5 Å². The number of hydrogen-bond acceptors (Lipinski definition) is 2. The maximum Gasteiger partial charge on any atom is 0.245 e. The molecule has 1 amide bonds. The highest BCUT2D eigenvalue weighted by atomic mass is 35.5. The van der Waals surface area contributed by atoms with E-state index in [2.05, 4.69) is 5.32 Å². The number of benzene rings is 2. The minimum absolute atomic E-state index is 0.104. The number of nitrogens with one attached hydrogen (secondary N) is 1. The van der Waals surface area contributed by atoms with Crippen molar-refractivity contribution in [2.45, 2.75) is 6.04 Å². The molecule has 1 unspecified atom stereocenters. The van der Waals surface area contributed by atoms with E-state index in [0.717, 1.165) is 0 Å². The van der Waals surface area contributed by atoms with Crippen molar-refractivity contribution in [3.8, 4) is 6.07 Å². The van der Waals surface area contributed by atoms with Gasteiger partial charge in [-0.2, -0.15) is 5.26 Å². The molecule has 2 aromatic rings. The van der Waals surface area contributed by atoms with E-state index in [1.807, 2.05) is 6.07 Å². The molecule has 0 heterocycles. The third-order valence-corrected chi connectivity index (χ3v) is 3.69. The van der Waals surface area contributed by atoms with Crippen molar-refractivity contribution >= 4 is 35.2 Å². The molecular weight excluding hydrogens is 338 g/mol. The van der Waals surface area contributed by atoms with Gasteiger partial charge in [-0.25, -0.2) is 4.39 Å². The summed E-state index contributed by atoms with van der Waals surface area (Å²) in [5.74, 6) is -1.12. The molecule has 0 aromatic heterocycles. The highest BCUT2D eigenvalue weighted by molar-refractivity contribution is 6.37. The molecule has 2 aromatic carbocycles. The van der Waals surface area contributed by atoms with Crippen LogP contribution in [0.25, 0.3) is 6.08 Å². The summed E-state index contributed by atoms with van der Waals surface area (Å²) in [5.41, 5.74) is 0.595. The molecule has 2 rings (SSSR count). The lowest BCUT2D eigenvalue weighted by molar-refractivity contribution is -0.116. The zero-order valence-corrected chi connectivity index (χ0v) is 13.3. The van der Waals surface area contributed by atoms with Crippen LogP contribution in [0.2, 0.25) is 10.0 Å². The van der Waals surface area contributed by atoms with Crippen molar-refractivity contribution in [1.82, 2.24) is 5.32 Å². The van der Waals surface area contributed by atoms with Gasteiger partial charge in [-0.3, -0.25) is 4.79 Å². The summed E-state index contributed by atoms with van der Waals surface area (Å²) in [6.45, 7) is 0.